The molecule has 1 aromatic heterocycles. The summed E-state index contributed by atoms with van der Waals surface area (Å²) in [7, 11) is 1.53. The van der Waals surface area contributed by atoms with Crippen LogP contribution in [0.15, 0.2) is 18.2 Å². The molecule has 1 aromatic carbocycles. The summed E-state index contributed by atoms with van der Waals surface area (Å²) in [6, 6.07) is 4.74. The van der Waals surface area contributed by atoms with Crippen LogP contribution >= 0.6 is 0 Å². The lowest BCUT2D eigenvalue weighted by Gasteiger charge is -2.23. The molecule has 23 heavy (non-hydrogen) atoms. The predicted molar refractivity (Wildman–Crippen MR) is 83.4 cm³/mol. The number of anilines is 2. The summed E-state index contributed by atoms with van der Waals surface area (Å²) in [6.07, 6.45) is 0.00969. The van der Waals surface area contributed by atoms with E-state index < -0.39 is 6.04 Å². The Balaban J connectivity index is 1.89. The van der Waals surface area contributed by atoms with Gasteiger partial charge in [-0.3, -0.25) is 14.9 Å². The monoisotopic (exact) mass is 315 g/mol. The average molecular weight is 315 g/mol. The van der Waals surface area contributed by atoms with Gasteiger partial charge in [0.15, 0.2) is 0 Å². The number of nitrogens with one attached hydrogen (secondary N) is 2. The molecule has 0 aliphatic carbocycles. The number of ether oxygens (including phenoxy) is 1. The first-order chi connectivity index (χ1) is 11.0. The number of aryl methyl sites for hydroxylation is 2. The van der Waals surface area contributed by atoms with Crippen LogP contribution in [-0.4, -0.2) is 33.7 Å². The van der Waals surface area contributed by atoms with E-state index >= 15 is 0 Å². The third-order valence-electron chi connectivity index (χ3n) is 3.58. The number of hydrogen-bond acceptors (Lipinski definition) is 5. The number of rotatable bonds is 3. The fourth-order valence-electron chi connectivity index (χ4n) is 2.51. The summed E-state index contributed by atoms with van der Waals surface area (Å²) in [5.74, 6) is 0.735. The average Bonchev–Trinajstić information content (AvgIpc) is 2.86. The summed E-state index contributed by atoms with van der Waals surface area (Å²) in [6.45, 7) is 3.62. The molecule has 2 N–H and O–H groups in total. The van der Waals surface area contributed by atoms with E-state index in [0.29, 0.717) is 17.3 Å². The molecule has 8 nitrogen and oxygen atoms in total. The first kappa shape index (κ1) is 15.0. The van der Waals surface area contributed by atoms with Crippen LogP contribution in [0, 0.1) is 13.8 Å². The molecule has 0 saturated carbocycles. The quantitative estimate of drug-likeness (QED) is 0.892. The highest BCUT2D eigenvalue weighted by Gasteiger charge is 2.33. The van der Waals surface area contributed by atoms with E-state index in [4.69, 9.17) is 4.74 Å². The fraction of sp³-hybridized carbons (Fsp3) is 0.333. The maximum atomic E-state index is 12.6. The van der Waals surface area contributed by atoms with Crippen LogP contribution < -0.4 is 15.4 Å². The van der Waals surface area contributed by atoms with E-state index in [1.165, 1.54) is 11.8 Å². The number of aromatic nitrogens is 3. The maximum Gasteiger partial charge on any atom is 0.250 e. The van der Waals surface area contributed by atoms with Gasteiger partial charge in [-0.05, 0) is 31.5 Å². The highest BCUT2D eigenvalue weighted by atomic mass is 16.5. The number of nitrogens with zero attached hydrogens (tertiary/aromatic N) is 3. The number of amides is 2. The van der Waals surface area contributed by atoms with Gasteiger partial charge in [-0.25, -0.2) is 4.68 Å². The van der Waals surface area contributed by atoms with E-state index in [2.05, 4.69) is 20.7 Å². The molecular formula is C15H17N5O3. The predicted octanol–water partition coefficient (Wildman–Crippen LogP) is 1.43. The zero-order valence-electron chi connectivity index (χ0n) is 13.1. The van der Waals surface area contributed by atoms with E-state index in [9.17, 15) is 9.59 Å². The molecule has 2 heterocycles. The van der Waals surface area contributed by atoms with Crippen molar-refractivity contribution >= 4 is 23.5 Å². The second-order valence-corrected chi connectivity index (χ2v) is 5.39. The molecule has 0 bridgehead atoms. The van der Waals surface area contributed by atoms with E-state index in [0.717, 1.165) is 5.56 Å². The first-order valence-electron chi connectivity index (χ1n) is 7.16. The molecular weight excluding hydrogens is 298 g/mol. The number of fused-ring (bicyclic) bond motifs is 1. The summed E-state index contributed by atoms with van der Waals surface area (Å²) < 4.78 is 6.69. The van der Waals surface area contributed by atoms with Crippen molar-refractivity contribution in [3.8, 4) is 5.75 Å². The van der Waals surface area contributed by atoms with Crippen LogP contribution in [0.4, 0.5) is 11.6 Å². The lowest BCUT2D eigenvalue weighted by molar-refractivity contribution is -0.125. The number of carbonyl (C=O) groups excluding carboxylic acids is 2. The summed E-state index contributed by atoms with van der Waals surface area (Å²) >= 11 is 0. The van der Waals surface area contributed by atoms with E-state index in [1.54, 1.807) is 13.0 Å². The Labute approximate surface area is 132 Å². The molecule has 0 radical (unpaired) electrons. The van der Waals surface area contributed by atoms with Crippen molar-refractivity contribution < 1.29 is 14.3 Å². The third kappa shape index (κ3) is 2.87. The van der Waals surface area contributed by atoms with Gasteiger partial charge in [0.2, 0.25) is 17.8 Å². The van der Waals surface area contributed by atoms with Gasteiger partial charge in [0.1, 0.15) is 17.6 Å². The fourth-order valence-corrected chi connectivity index (χ4v) is 2.51. The minimum absolute atomic E-state index is 0.00969. The van der Waals surface area contributed by atoms with E-state index in [1.807, 2.05) is 19.1 Å². The zero-order valence-corrected chi connectivity index (χ0v) is 13.1. The first-order valence-corrected chi connectivity index (χ1v) is 7.16. The Morgan fingerprint density at radius 1 is 1.43 bits per heavy atom. The van der Waals surface area contributed by atoms with Crippen molar-refractivity contribution in [3.05, 3.63) is 29.6 Å². The second kappa shape index (κ2) is 5.71. The highest BCUT2D eigenvalue weighted by Crippen LogP contribution is 2.28. The van der Waals surface area contributed by atoms with Gasteiger partial charge < -0.3 is 10.1 Å². The molecule has 0 saturated heterocycles. The number of methoxy groups -OCH3 is 1. The minimum Gasteiger partial charge on any atom is -0.495 e. The Hall–Kier alpha value is -2.90. The van der Waals surface area contributed by atoms with Crippen molar-refractivity contribution in [2.45, 2.75) is 26.3 Å². The van der Waals surface area contributed by atoms with Crippen molar-refractivity contribution in [1.29, 1.82) is 0 Å². The Morgan fingerprint density at radius 3 is 2.96 bits per heavy atom. The molecule has 120 valence electrons. The lowest BCUT2D eigenvalue weighted by Crippen LogP contribution is -2.36. The van der Waals surface area contributed by atoms with Crippen molar-refractivity contribution in [1.82, 2.24) is 14.8 Å². The van der Waals surface area contributed by atoms with Crippen LogP contribution in [-0.2, 0) is 9.59 Å². The molecule has 2 amide bonds. The summed E-state index contributed by atoms with van der Waals surface area (Å²) in [4.78, 5) is 28.5. The van der Waals surface area contributed by atoms with Crippen LogP contribution in [0.5, 0.6) is 5.75 Å². The van der Waals surface area contributed by atoms with Crippen LogP contribution in [0.1, 0.15) is 23.9 Å². The molecule has 0 spiro atoms. The molecule has 0 fully saturated rings. The van der Waals surface area contributed by atoms with Gasteiger partial charge in [-0.1, -0.05) is 6.07 Å². The van der Waals surface area contributed by atoms with Gasteiger partial charge in [-0.2, -0.15) is 10.1 Å². The van der Waals surface area contributed by atoms with Crippen molar-refractivity contribution in [2.75, 3.05) is 17.7 Å². The lowest BCUT2D eigenvalue weighted by atomic mass is 10.1. The van der Waals surface area contributed by atoms with Crippen LogP contribution in [0.25, 0.3) is 0 Å². The summed E-state index contributed by atoms with van der Waals surface area (Å²) in [5.41, 5.74) is 1.54. The summed E-state index contributed by atoms with van der Waals surface area (Å²) in [5, 5.41) is 9.61. The molecule has 2 aromatic rings. The number of hydrogen-bond donors (Lipinski definition) is 2. The smallest absolute Gasteiger partial charge is 0.250 e. The third-order valence-corrected chi connectivity index (χ3v) is 3.58. The van der Waals surface area contributed by atoms with Gasteiger partial charge in [-0.15, -0.1) is 0 Å². The largest absolute Gasteiger partial charge is 0.495 e. The maximum absolute atomic E-state index is 12.6. The Morgan fingerprint density at radius 2 is 2.22 bits per heavy atom. The zero-order chi connectivity index (χ0) is 16.6. The normalized spacial score (nSPS) is 16.5. The van der Waals surface area contributed by atoms with Crippen molar-refractivity contribution in [2.24, 2.45) is 0 Å². The Bertz CT molecular complexity index is 783. The number of carbonyl (C=O) groups is 2. The molecule has 1 aliphatic heterocycles. The van der Waals surface area contributed by atoms with Crippen molar-refractivity contribution in [3.63, 3.8) is 0 Å². The SMILES string of the molecule is COc1ccc(C)cc1NC(=O)[C@H]1CC(=O)Nc2nc(C)nn21. The van der Waals surface area contributed by atoms with Gasteiger partial charge >= 0.3 is 0 Å². The van der Waals surface area contributed by atoms with Gasteiger partial charge in [0.05, 0.1) is 19.2 Å². The molecule has 1 aliphatic rings. The Kier molecular flexibility index (Phi) is 3.73. The molecule has 8 heteroatoms. The van der Waals surface area contributed by atoms with E-state index in [-0.39, 0.29) is 24.2 Å². The molecule has 0 unspecified atom stereocenters. The number of benzene rings is 1. The van der Waals surface area contributed by atoms with Crippen LogP contribution in [0.2, 0.25) is 0 Å². The van der Waals surface area contributed by atoms with Gasteiger partial charge in [0, 0.05) is 0 Å². The highest BCUT2D eigenvalue weighted by molar-refractivity contribution is 6.01. The van der Waals surface area contributed by atoms with Crippen LogP contribution in [0.3, 0.4) is 0 Å². The molecule has 1 atom stereocenters. The van der Waals surface area contributed by atoms with Gasteiger partial charge in [0.25, 0.3) is 0 Å². The minimum atomic E-state index is -0.745. The molecule has 3 rings (SSSR count). The topological polar surface area (TPSA) is 98.1 Å². The second-order valence-electron chi connectivity index (χ2n) is 5.39. The standard InChI is InChI=1S/C15H17N5O3/c1-8-4-5-12(23-3)10(6-8)17-14(22)11-7-13(21)18-15-16-9(2)19-20(11)15/h4-6,11H,7H2,1-3H3,(H,17,22)(H,16,18,19,21)/t11-/m1/s1.